The fourth-order valence-corrected chi connectivity index (χ4v) is 1.67. The molecule has 0 unspecified atom stereocenters. The van der Waals surface area contributed by atoms with Crippen molar-refractivity contribution in [1.82, 2.24) is 0 Å². The fourth-order valence-electron chi connectivity index (χ4n) is 1.67. The van der Waals surface area contributed by atoms with Crippen LogP contribution in [0.4, 0.5) is 0 Å². The van der Waals surface area contributed by atoms with Gasteiger partial charge in [0.1, 0.15) is 18.8 Å². The van der Waals surface area contributed by atoms with Crippen LogP contribution in [0.25, 0.3) is 0 Å². The summed E-state index contributed by atoms with van der Waals surface area (Å²) in [4.78, 5) is 22.8. The standard InChI is InChI=1S/C14H16O3/c15-13(8-11-6-7-11)9-14(16)17-10-12-4-2-1-3-5-12/h1-5,11H,6-10H2. The average molecular weight is 232 g/mol. The van der Waals surface area contributed by atoms with E-state index in [1.807, 2.05) is 30.3 Å². The van der Waals surface area contributed by atoms with Crippen molar-refractivity contribution in [2.75, 3.05) is 0 Å². The Labute approximate surface area is 101 Å². The van der Waals surface area contributed by atoms with E-state index in [2.05, 4.69) is 0 Å². The number of carbonyl (C=O) groups is 2. The topological polar surface area (TPSA) is 43.4 Å². The molecule has 0 bridgehead atoms. The van der Waals surface area contributed by atoms with Crippen molar-refractivity contribution >= 4 is 11.8 Å². The van der Waals surface area contributed by atoms with Gasteiger partial charge in [0.2, 0.25) is 0 Å². The first-order chi connectivity index (χ1) is 8.24. The van der Waals surface area contributed by atoms with Gasteiger partial charge in [0.15, 0.2) is 0 Å². The molecule has 90 valence electrons. The molecule has 1 aliphatic carbocycles. The SMILES string of the molecule is O=C(CC(=O)OCc1ccccc1)CC1CC1. The number of hydrogen-bond acceptors (Lipinski definition) is 3. The van der Waals surface area contributed by atoms with Crippen molar-refractivity contribution < 1.29 is 14.3 Å². The van der Waals surface area contributed by atoms with Crippen LogP contribution in [0.1, 0.15) is 31.2 Å². The van der Waals surface area contributed by atoms with Crippen LogP contribution in [0, 0.1) is 5.92 Å². The molecular formula is C14H16O3. The summed E-state index contributed by atoms with van der Waals surface area (Å²) in [7, 11) is 0. The molecule has 3 heteroatoms. The van der Waals surface area contributed by atoms with Gasteiger partial charge in [-0.3, -0.25) is 9.59 Å². The summed E-state index contributed by atoms with van der Waals surface area (Å²) in [6.45, 7) is 0.246. The maximum atomic E-state index is 11.4. The van der Waals surface area contributed by atoms with Crippen molar-refractivity contribution in [3.8, 4) is 0 Å². The predicted octanol–water partition coefficient (Wildman–Crippen LogP) is 2.49. The first kappa shape index (κ1) is 11.8. The van der Waals surface area contributed by atoms with E-state index >= 15 is 0 Å². The van der Waals surface area contributed by atoms with E-state index in [9.17, 15) is 9.59 Å². The molecule has 1 aromatic rings. The van der Waals surface area contributed by atoms with Crippen LogP contribution in [0.5, 0.6) is 0 Å². The molecule has 0 N–H and O–H groups in total. The van der Waals surface area contributed by atoms with Crippen molar-refractivity contribution in [3.05, 3.63) is 35.9 Å². The van der Waals surface area contributed by atoms with Gasteiger partial charge in [-0.15, -0.1) is 0 Å². The predicted molar refractivity (Wildman–Crippen MR) is 63.2 cm³/mol. The van der Waals surface area contributed by atoms with Crippen molar-refractivity contribution in [2.45, 2.75) is 32.3 Å². The van der Waals surface area contributed by atoms with Crippen LogP contribution >= 0.6 is 0 Å². The summed E-state index contributed by atoms with van der Waals surface area (Å²) in [5.41, 5.74) is 0.940. The maximum Gasteiger partial charge on any atom is 0.313 e. The Kier molecular flexibility index (Phi) is 3.91. The molecule has 0 aromatic heterocycles. The Morgan fingerprint density at radius 1 is 1.18 bits per heavy atom. The first-order valence-electron chi connectivity index (χ1n) is 5.95. The highest BCUT2D eigenvalue weighted by atomic mass is 16.5. The highest BCUT2D eigenvalue weighted by molar-refractivity contribution is 5.95. The summed E-state index contributed by atoms with van der Waals surface area (Å²) in [6, 6.07) is 9.46. The minimum absolute atomic E-state index is 0.00515. The summed E-state index contributed by atoms with van der Waals surface area (Å²) >= 11 is 0. The van der Waals surface area contributed by atoms with Gasteiger partial charge < -0.3 is 4.74 Å². The highest BCUT2D eigenvalue weighted by Crippen LogP contribution is 2.32. The van der Waals surface area contributed by atoms with Gasteiger partial charge in [0, 0.05) is 6.42 Å². The van der Waals surface area contributed by atoms with Gasteiger partial charge in [0.25, 0.3) is 0 Å². The second-order valence-corrected chi connectivity index (χ2v) is 4.51. The molecular weight excluding hydrogens is 216 g/mol. The molecule has 0 spiro atoms. The number of hydrogen-bond donors (Lipinski definition) is 0. The van der Waals surface area contributed by atoms with Crippen LogP contribution in [0.15, 0.2) is 30.3 Å². The first-order valence-corrected chi connectivity index (χ1v) is 5.95. The van der Waals surface area contributed by atoms with E-state index in [-0.39, 0.29) is 18.8 Å². The number of esters is 1. The number of ketones is 1. The summed E-state index contributed by atoms with van der Waals surface area (Å²) < 4.78 is 5.04. The van der Waals surface area contributed by atoms with E-state index in [0.717, 1.165) is 18.4 Å². The van der Waals surface area contributed by atoms with Crippen molar-refractivity contribution in [2.24, 2.45) is 5.92 Å². The second-order valence-electron chi connectivity index (χ2n) is 4.51. The quantitative estimate of drug-likeness (QED) is 0.559. The molecule has 1 saturated carbocycles. The smallest absolute Gasteiger partial charge is 0.313 e. The van der Waals surface area contributed by atoms with Gasteiger partial charge in [-0.05, 0) is 24.3 Å². The highest BCUT2D eigenvalue weighted by Gasteiger charge is 2.25. The van der Waals surface area contributed by atoms with E-state index in [1.165, 1.54) is 0 Å². The molecule has 0 atom stereocenters. The average Bonchev–Trinajstić information content (AvgIpc) is 3.11. The molecule has 1 fully saturated rings. The lowest BCUT2D eigenvalue weighted by atomic mass is 10.1. The second kappa shape index (κ2) is 5.62. The van der Waals surface area contributed by atoms with E-state index in [0.29, 0.717) is 12.3 Å². The van der Waals surface area contributed by atoms with E-state index < -0.39 is 5.97 Å². The van der Waals surface area contributed by atoms with Crippen molar-refractivity contribution in [3.63, 3.8) is 0 Å². The lowest BCUT2D eigenvalue weighted by molar-refractivity contribution is -0.147. The molecule has 1 aliphatic rings. The lowest BCUT2D eigenvalue weighted by Gasteiger charge is -2.04. The van der Waals surface area contributed by atoms with Crippen LogP contribution < -0.4 is 0 Å². The van der Waals surface area contributed by atoms with Crippen LogP contribution in [0.2, 0.25) is 0 Å². The van der Waals surface area contributed by atoms with Gasteiger partial charge in [-0.2, -0.15) is 0 Å². The number of Topliss-reactive ketones (excluding diaryl/α,β-unsaturated/α-hetero) is 1. The zero-order valence-electron chi connectivity index (χ0n) is 9.72. The normalized spacial score (nSPS) is 14.4. The van der Waals surface area contributed by atoms with Crippen LogP contribution in [-0.4, -0.2) is 11.8 Å². The maximum absolute atomic E-state index is 11.4. The third-order valence-electron chi connectivity index (χ3n) is 2.80. The molecule has 0 aliphatic heterocycles. The Morgan fingerprint density at radius 3 is 2.53 bits per heavy atom. The zero-order chi connectivity index (χ0) is 12.1. The Morgan fingerprint density at radius 2 is 1.88 bits per heavy atom. The lowest BCUT2D eigenvalue weighted by Crippen LogP contribution is -2.11. The fraction of sp³-hybridized carbons (Fsp3) is 0.429. The van der Waals surface area contributed by atoms with Gasteiger partial charge in [-0.25, -0.2) is 0 Å². The third kappa shape index (κ3) is 4.39. The molecule has 2 rings (SSSR count). The third-order valence-corrected chi connectivity index (χ3v) is 2.80. The summed E-state index contributed by atoms with van der Waals surface area (Å²) in [5.74, 6) is 0.120. The molecule has 0 radical (unpaired) electrons. The Balaban J connectivity index is 1.68. The number of benzene rings is 1. The van der Waals surface area contributed by atoms with E-state index in [4.69, 9.17) is 4.74 Å². The van der Waals surface area contributed by atoms with Crippen LogP contribution in [-0.2, 0) is 20.9 Å². The summed E-state index contributed by atoms with van der Waals surface area (Å²) in [5, 5.41) is 0. The molecule has 0 saturated heterocycles. The zero-order valence-corrected chi connectivity index (χ0v) is 9.72. The van der Waals surface area contributed by atoms with Gasteiger partial charge >= 0.3 is 5.97 Å². The molecule has 3 nitrogen and oxygen atoms in total. The monoisotopic (exact) mass is 232 g/mol. The Hall–Kier alpha value is -1.64. The van der Waals surface area contributed by atoms with E-state index in [1.54, 1.807) is 0 Å². The minimum Gasteiger partial charge on any atom is -0.460 e. The van der Waals surface area contributed by atoms with Crippen LogP contribution in [0.3, 0.4) is 0 Å². The molecule has 0 amide bonds. The minimum atomic E-state index is -0.417. The van der Waals surface area contributed by atoms with Gasteiger partial charge in [-0.1, -0.05) is 30.3 Å². The molecule has 1 aromatic carbocycles. The van der Waals surface area contributed by atoms with Crippen molar-refractivity contribution in [1.29, 1.82) is 0 Å². The number of rotatable bonds is 6. The van der Waals surface area contributed by atoms with Gasteiger partial charge in [0.05, 0.1) is 0 Å². The number of ether oxygens (including phenoxy) is 1. The molecule has 17 heavy (non-hydrogen) atoms. The number of carbonyl (C=O) groups excluding carboxylic acids is 2. The largest absolute Gasteiger partial charge is 0.460 e. The Bertz CT molecular complexity index is 393. The molecule has 0 heterocycles. The summed E-state index contributed by atoms with van der Waals surface area (Å²) in [6.07, 6.45) is 2.72.